The minimum Gasteiger partial charge on any atom is -0.477 e. The fraction of sp³-hybridized carbons (Fsp3) is 0.292. The molecule has 3 aromatic heterocycles. The van der Waals surface area contributed by atoms with Crippen molar-refractivity contribution in [1.29, 1.82) is 0 Å². The summed E-state index contributed by atoms with van der Waals surface area (Å²) in [5, 5.41) is 16.5. The van der Waals surface area contributed by atoms with Crippen molar-refractivity contribution in [3.8, 4) is 0 Å². The molecular formula is C24H21Cl2N7O4S. The number of H-pyrrole nitrogens is 2. The first kappa shape index (κ1) is 24.7. The van der Waals surface area contributed by atoms with E-state index in [1.807, 2.05) is 29.2 Å². The Morgan fingerprint density at radius 2 is 1.87 bits per heavy atom. The Balaban J connectivity index is 1.09. The fourth-order valence-electron chi connectivity index (χ4n) is 4.95. The molecular weight excluding hydrogens is 553 g/mol. The van der Waals surface area contributed by atoms with Gasteiger partial charge in [-0.1, -0.05) is 46.7 Å². The lowest BCUT2D eigenvalue weighted by atomic mass is 10.2. The lowest BCUT2D eigenvalue weighted by Gasteiger charge is -2.19. The maximum Gasteiger partial charge on any atom is 0.347 e. The number of carbonyl (C=O) groups excluding carboxylic acids is 2. The minimum atomic E-state index is -1.13. The second-order valence-electron chi connectivity index (χ2n) is 9.39. The number of carbonyl (C=O) groups is 3. The number of carboxylic acid groups (broad SMARTS) is 1. The maximum absolute atomic E-state index is 12.7. The van der Waals surface area contributed by atoms with E-state index in [4.69, 9.17) is 23.2 Å². The highest BCUT2D eigenvalue weighted by Gasteiger charge is 2.57. The van der Waals surface area contributed by atoms with Crippen molar-refractivity contribution >= 4 is 74.4 Å². The first-order valence-electron chi connectivity index (χ1n) is 11.8. The highest BCUT2D eigenvalue weighted by atomic mass is 35.5. The average molecular weight is 574 g/mol. The molecule has 0 unspecified atom stereocenters. The van der Waals surface area contributed by atoms with Crippen LogP contribution in [0.3, 0.4) is 0 Å². The zero-order chi connectivity index (χ0) is 26.7. The van der Waals surface area contributed by atoms with Crippen molar-refractivity contribution in [2.45, 2.75) is 19.4 Å². The Kier molecular flexibility index (Phi) is 6.04. The second-order valence-corrected chi connectivity index (χ2v) is 11.1. The number of halogens is 2. The lowest BCUT2D eigenvalue weighted by Crippen LogP contribution is -2.34. The molecule has 5 N–H and O–H groups in total. The monoisotopic (exact) mass is 573 g/mol. The third-order valence-corrected chi connectivity index (χ3v) is 8.99. The molecule has 11 nitrogen and oxygen atoms in total. The summed E-state index contributed by atoms with van der Waals surface area (Å²) in [6, 6.07) is 7.35. The third kappa shape index (κ3) is 4.38. The van der Waals surface area contributed by atoms with Crippen molar-refractivity contribution in [3.05, 3.63) is 56.3 Å². The number of aromatic nitrogens is 4. The first-order chi connectivity index (χ1) is 18.2. The number of piperidine rings is 1. The van der Waals surface area contributed by atoms with E-state index in [1.54, 1.807) is 6.92 Å². The van der Waals surface area contributed by atoms with Gasteiger partial charge in [-0.25, -0.2) is 14.8 Å². The maximum atomic E-state index is 12.7. The van der Waals surface area contributed by atoms with Gasteiger partial charge in [0.05, 0.1) is 33.2 Å². The van der Waals surface area contributed by atoms with Crippen LogP contribution >= 0.6 is 34.5 Å². The van der Waals surface area contributed by atoms with Crippen LogP contribution in [-0.2, 0) is 11.2 Å². The van der Waals surface area contributed by atoms with Crippen molar-refractivity contribution in [2.75, 3.05) is 23.3 Å². The van der Waals surface area contributed by atoms with Gasteiger partial charge in [-0.15, -0.1) is 0 Å². The van der Waals surface area contributed by atoms with Crippen molar-refractivity contribution in [2.24, 2.45) is 11.8 Å². The number of imidazole rings is 1. The number of fused-ring (bicyclic) bond motifs is 2. The average Bonchev–Trinajstić information content (AvgIpc) is 3.38. The van der Waals surface area contributed by atoms with Crippen LogP contribution in [0, 0.1) is 18.8 Å². The van der Waals surface area contributed by atoms with Crippen molar-refractivity contribution < 1.29 is 19.5 Å². The van der Waals surface area contributed by atoms with Crippen LogP contribution in [0.1, 0.15) is 31.5 Å². The van der Waals surface area contributed by atoms with Gasteiger partial charge >= 0.3 is 5.97 Å². The third-order valence-electron chi connectivity index (χ3n) is 6.90. The number of rotatable bonds is 7. The summed E-state index contributed by atoms with van der Waals surface area (Å²) >= 11 is 13.3. The Morgan fingerprint density at radius 3 is 2.53 bits per heavy atom. The molecule has 38 heavy (non-hydrogen) atoms. The number of thiazole rings is 1. The molecule has 1 aliphatic heterocycles. The summed E-state index contributed by atoms with van der Waals surface area (Å²) in [6.45, 7) is 2.97. The normalized spacial score (nSPS) is 20.0. The number of para-hydroxylation sites is 2. The first-order valence-corrected chi connectivity index (χ1v) is 13.3. The number of aromatic amines is 2. The molecule has 0 bridgehead atoms. The van der Waals surface area contributed by atoms with E-state index in [0.29, 0.717) is 34.5 Å². The van der Waals surface area contributed by atoms with E-state index in [2.05, 4.69) is 30.6 Å². The van der Waals surface area contributed by atoms with Gasteiger partial charge in [-0.2, -0.15) is 0 Å². The van der Waals surface area contributed by atoms with E-state index in [9.17, 15) is 19.5 Å². The van der Waals surface area contributed by atoms with E-state index in [-0.39, 0.29) is 57.4 Å². The minimum absolute atomic E-state index is 0.00911. The van der Waals surface area contributed by atoms with Crippen molar-refractivity contribution in [3.63, 3.8) is 0 Å². The van der Waals surface area contributed by atoms with E-state index in [1.165, 1.54) is 0 Å². The Bertz CT molecular complexity index is 1570. The molecule has 0 spiro atoms. The number of hydrogen-bond donors (Lipinski definition) is 5. The van der Waals surface area contributed by atoms with E-state index < -0.39 is 11.9 Å². The number of carboxylic acids is 1. The zero-order valence-corrected chi connectivity index (χ0v) is 22.2. The smallest absolute Gasteiger partial charge is 0.347 e. The number of anilines is 2. The number of benzene rings is 1. The number of nitrogens with zero attached hydrogens (tertiary/aromatic N) is 3. The van der Waals surface area contributed by atoms with E-state index in [0.717, 1.165) is 16.9 Å². The quantitative estimate of drug-likeness (QED) is 0.225. The molecule has 196 valence electrons. The van der Waals surface area contributed by atoms with Gasteiger partial charge in [-0.3, -0.25) is 14.9 Å². The van der Waals surface area contributed by atoms with Gasteiger partial charge < -0.3 is 25.3 Å². The van der Waals surface area contributed by atoms with Gasteiger partial charge in [0.15, 0.2) is 5.13 Å². The molecule has 3 atom stereocenters. The molecule has 1 saturated carbocycles. The summed E-state index contributed by atoms with van der Waals surface area (Å²) in [7, 11) is 0. The number of nitrogens with one attached hydrogen (secondary N) is 4. The highest BCUT2D eigenvalue weighted by Crippen LogP contribution is 2.48. The molecule has 14 heteroatoms. The van der Waals surface area contributed by atoms with Crippen LogP contribution < -0.4 is 15.5 Å². The van der Waals surface area contributed by atoms with Crippen molar-refractivity contribution in [1.82, 2.24) is 25.3 Å². The molecule has 1 saturated heterocycles. The topological polar surface area (TPSA) is 156 Å². The summed E-state index contributed by atoms with van der Waals surface area (Å²) in [4.78, 5) is 53.9. The van der Waals surface area contributed by atoms with Gasteiger partial charge in [0.2, 0.25) is 11.9 Å². The van der Waals surface area contributed by atoms with E-state index >= 15 is 0 Å². The molecule has 4 aromatic rings. The summed E-state index contributed by atoms with van der Waals surface area (Å²) in [5.74, 6) is -1.16. The predicted octanol–water partition coefficient (Wildman–Crippen LogP) is 3.71. The number of amides is 2. The summed E-state index contributed by atoms with van der Waals surface area (Å²) in [6.07, 6.45) is -0.201. The van der Waals surface area contributed by atoms with Crippen LogP contribution in [0.15, 0.2) is 24.3 Å². The molecule has 2 amide bonds. The largest absolute Gasteiger partial charge is 0.477 e. The number of hydrogen-bond acceptors (Lipinski definition) is 7. The van der Waals surface area contributed by atoms with Gasteiger partial charge in [0, 0.05) is 36.7 Å². The summed E-state index contributed by atoms with van der Waals surface area (Å²) in [5.41, 5.74) is 2.56. The van der Waals surface area contributed by atoms with Crippen LogP contribution in [0.5, 0.6) is 0 Å². The van der Waals surface area contributed by atoms with Gasteiger partial charge in [-0.05, 0) is 19.1 Å². The SMILES string of the molecule is Cc1[nH]c(C(=O)N[C@H]2[C@@H]3CN(c4nc(CC(=O)Nc5nc6ccccc6[nH]5)c(C(=O)O)s4)C[C@@H]32)c(Cl)c1Cl. The fourth-order valence-corrected chi connectivity index (χ4v) is 6.31. The van der Waals surface area contributed by atoms with Crippen LogP contribution in [0.25, 0.3) is 11.0 Å². The molecule has 6 rings (SSSR count). The Hall–Kier alpha value is -3.61. The van der Waals surface area contributed by atoms with Crippen LogP contribution in [-0.4, -0.2) is 62.0 Å². The van der Waals surface area contributed by atoms with Gasteiger partial charge in [0.1, 0.15) is 10.6 Å². The molecule has 2 fully saturated rings. The Morgan fingerprint density at radius 1 is 1.13 bits per heavy atom. The Labute approximate surface area is 229 Å². The summed E-state index contributed by atoms with van der Waals surface area (Å²) < 4.78 is 0. The van der Waals surface area contributed by atoms with Crippen LogP contribution in [0.4, 0.5) is 11.1 Å². The molecule has 4 heterocycles. The standard InChI is InChI=1S/C24H21Cl2N7O4S/c1-9-16(25)17(26)19(27-9)21(35)32-18-10-7-33(8-11(10)18)24-30-14(20(38-24)22(36)37)6-15(34)31-23-28-12-4-2-3-5-13(12)29-23/h2-5,10-11,18,27H,6-8H2,1H3,(H,32,35)(H,36,37)(H2,28,29,31,34)/t10-,11+,18+. The molecule has 1 aliphatic carbocycles. The second kappa shape index (κ2) is 9.29. The molecule has 2 aliphatic rings. The number of aromatic carboxylic acids is 1. The van der Waals surface area contributed by atoms with Crippen LogP contribution in [0.2, 0.25) is 10.0 Å². The van der Waals surface area contributed by atoms with Gasteiger partial charge in [0.25, 0.3) is 5.91 Å². The highest BCUT2D eigenvalue weighted by molar-refractivity contribution is 7.17. The molecule has 1 aromatic carbocycles. The zero-order valence-electron chi connectivity index (χ0n) is 19.8. The molecule has 0 radical (unpaired) electrons. The predicted molar refractivity (Wildman–Crippen MR) is 143 cm³/mol. The lowest BCUT2D eigenvalue weighted by molar-refractivity contribution is -0.115. The number of aryl methyl sites for hydroxylation is 1.